The number of benzene rings is 1. The number of carbonyl (C=O) groups excluding carboxylic acids is 2. The van der Waals surface area contributed by atoms with E-state index in [1.54, 1.807) is 43.9 Å². The van der Waals surface area contributed by atoms with Crippen molar-refractivity contribution >= 4 is 23.7 Å². The summed E-state index contributed by atoms with van der Waals surface area (Å²) in [6, 6.07) is 2.43. The number of nitrogens with one attached hydrogen (secondary N) is 1. The van der Waals surface area contributed by atoms with Gasteiger partial charge in [0.2, 0.25) is 5.91 Å². The molecule has 1 amide bonds. The molecule has 0 unspecified atom stereocenters. The van der Waals surface area contributed by atoms with Gasteiger partial charge in [0.15, 0.2) is 11.7 Å². The molecule has 3 atom stereocenters. The molecule has 0 radical (unpaired) electrons. The average molecular weight is 617 g/mol. The number of rotatable bonds is 9. The van der Waals surface area contributed by atoms with E-state index in [-0.39, 0.29) is 48.9 Å². The molecule has 2 saturated heterocycles. The number of likely N-dealkylation sites (tertiary alicyclic amines) is 2. The Morgan fingerprint density at radius 3 is 2.64 bits per heavy atom. The van der Waals surface area contributed by atoms with Crippen LogP contribution in [0.1, 0.15) is 43.8 Å². The molecule has 3 aliphatic heterocycles. The lowest BCUT2D eigenvalue weighted by molar-refractivity contribution is -0.150. The number of esters is 1. The number of halogens is 3. The van der Waals surface area contributed by atoms with Crippen LogP contribution in [0.3, 0.4) is 0 Å². The maximum atomic E-state index is 15.5. The van der Waals surface area contributed by atoms with E-state index < -0.39 is 59.5 Å². The maximum Gasteiger partial charge on any atom is 0.338 e. The molecule has 236 valence electrons. The van der Waals surface area contributed by atoms with Gasteiger partial charge < -0.3 is 24.6 Å². The van der Waals surface area contributed by atoms with Gasteiger partial charge in [0.1, 0.15) is 17.8 Å². The molecule has 4 heterocycles. The number of aryl methyl sites for hydroxylation is 1. The highest BCUT2D eigenvalue weighted by molar-refractivity contribution is 6.02. The molecule has 0 saturated carbocycles. The Balaban J connectivity index is 1.58. The molecule has 0 spiro atoms. The van der Waals surface area contributed by atoms with Crippen molar-refractivity contribution in [3.63, 3.8) is 0 Å². The summed E-state index contributed by atoms with van der Waals surface area (Å²) in [4.78, 5) is 50.1. The van der Waals surface area contributed by atoms with Crippen LogP contribution in [0.4, 0.5) is 13.2 Å². The van der Waals surface area contributed by atoms with Crippen molar-refractivity contribution in [1.82, 2.24) is 24.7 Å². The van der Waals surface area contributed by atoms with Crippen LogP contribution in [0, 0.1) is 24.1 Å². The number of hydrogen-bond donors (Lipinski definition) is 2. The largest absolute Gasteiger partial charge is 0.481 e. The summed E-state index contributed by atoms with van der Waals surface area (Å²) in [5.74, 6) is -7.66. The highest BCUT2D eigenvalue weighted by Gasteiger charge is 2.63. The normalized spacial score (nSPS) is 23.5. The molecule has 0 aliphatic carbocycles. The molecular weight excluding hydrogens is 581 g/mol. The van der Waals surface area contributed by atoms with Crippen LogP contribution in [0.25, 0.3) is 0 Å². The van der Waals surface area contributed by atoms with Gasteiger partial charge in [-0.25, -0.2) is 22.9 Å². The minimum absolute atomic E-state index is 0.0235. The summed E-state index contributed by atoms with van der Waals surface area (Å²) in [6.45, 7) is 4.76. The SMILES string of the molecule is CCOC(=O)C1=C(CN2CC(F)(F)[C@@H]3C(=O)N(CC(C)(C)C(=O)O)C[C@@H]32)NC(c2nccn2C)=N[C@H]1c1cccc(F)c1C. The van der Waals surface area contributed by atoms with E-state index in [9.17, 15) is 23.9 Å². The van der Waals surface area contributed by atoms with E-state index in [1.807, 2.05) is 0 Å². The van der Waals surface area contributed by atoms with E-state index >= 15 is 8.78 Å². The fourth-order valence-corrected chi connectivity index (χ4v) is 6.14. The molecule has 2 N–H and O–H groups in total. The zero-order valence-corrected chi connectivity index (χ0v) is 25.1. The standard InChI is InChI=1S/C30H35F3N6O5/c1-6-44-27(41)21-19(12-38-15-30(32,33)22-20(38)13-39(26(22)40)14-29(3,4)28(42)43)35-24(25-34-10-11-37(25)5)36-23(21)17-8-7-9-18(31)16(17)2/h7-11,20,22-23H,6,12-15H2,1-5H3,(H,35,36)(H,42,43)/t20-,22-,23-/m0/s1. The lowest BCUT2D eigenvalue weighted by Crippen LogP contribution is -2.46. The average Bonchev–Trinajstić information content (AvgIpc) is 3.59. The first-order valence-electron chi connectivity index (χ1n) is 14.3. The third-order valence-corrected chi connectivity index (χ3v) is 8.49. The van der Waals surface area contributed by atoms with Crippen molar-refractivity contribution in [3.05, 3.63) is 64.6 Å². The topological polar surface area (TPSA) is 129 Å². The summed E-state index contributed by atoms with van der Waals surface area (Å²) in [5, 5.41) is 12.7. The Labute approximate surface area is 252 Å². The van der Waals surface area contributed by atoms with Gasteiger partial charge in [-0.1, -0.05) is 12.1 Å². The van der Waals surface area contributed by atoms with E-state index in [1.165, 1.54) is 35.8 Å². The Hall–Kier alpha value is -4.20. The molecule has 14 heteroatoms. The number of alkyl halides is 2. The first kappa shape index (κ1) is 31.2. The van der Waals surface area contributed by atoms with Gasteiger partial charge >= 0.3 is 11.9 Å². The van der Waals surface area contributed by atoms with Crippen LogP contribution in [-0.2, 0) is 26.2 Å². The minimum atomic E-state index is -3.40. The monoisotopic (exact) mass is 616 g/mol. The Bertz CT molecular complexity index is 1570. The lowest BCUT2D eigenvalue weighted by Gasteiger charge is -2.32. The third-order valence-electron chi connectivity index (χ3n) is 8.49. The molecule has 5 rings (SSSR count). The number of nitrogens with zero attached hydrogens (tertiary/aromatic N) is 5. The second kappa shape index (κ2) is 11.4. The number of aromatic nitrogens is 2. The predicted octanol–water partition coefficient (Wildman–Crippen LogP) is 2.66. The zero-order chi connectivity index (χ0) is 32.1. The van der Waals surface area contributed by atoms with Gasteiger partial charge in [-0.05, 0) is 44.9 Å². The number of fused-ring (bicyclic) bond motifs is 1. The predicted molar refractivity (Wildman–Crippen MR) is 152 cm³/mol. The Kier molecular flexibility index (Phi) is 8.08. The first-order valence-corrected chi connectivity index (χ1v) is 14.3. The fourth-order valence-electron chi connectivity index (χ4n) is 6.14. The van der Waals surface area contributed by atoms with Crippen molar-refractivity contribution < 1.29 is 37.4 Å². The molecule has 3 aliphatic rings. The summed E-state index contributed by atoms with van der Waals surface area (Å²) in [6.07, 6.45) is 3.24. The van der Waals surface area contributed by atoms with Crippen molar-refractivity contribution in [2.24, 2.45) is 23.4 Å². The van der Waals surface area contributed by atoms with Crippen molar-refractivity contribution in [1.29, 1.82) is 0 Å². The van der Waals surface area contributed by atoms with E-state index in [0.717, 1.165) is 0 Å². The van der Waals surface area contributed by atoms with E-state index in [4.69, 9.17) is 9.73 Å². The zero-order valence-electron chi connectivity index (χ0n) is 25.1. The molecule has 11 nitrogen and oxygen atoms in total. The fraction of sp³-hybridized carbons (Fsp3) is 0.500. The number of amidine groups is 1. The number of ether oxygens (including phenoxy) is 1. The number of aliphatic carboxylic acids is 1. The van der Waals surface area contributed by atoms with Gasteiger partial charge in [-0.2, -0.15) is 0 Å². The highest BCUT2D eigenvalue weighted by atomic mass is 19.3. The van der Waals surface area contributed by atoms with Crippen LogP contribution in [0.2, 0.25) is 0 Å². The molecule has 1 aromatic carbocycles. The summed E-state index contributed by atoms with van der Waals surface area (Å²) in [5.41, 5.74) is -0.463. The van der Waals surface area contributed by atoms with Gasteiger partial charge in [-0.3, -0.25) is 19.5 Å². The molecular formula is C30H35F3N6O5. The first-order chi connectivity index (χ1) is 20.7. The van der Waals surface area contributed by atoms with Crippen LogP contribution in [0.5, 0.6) is 0 Å². The maximum absolute atomic E-state index is 15.5. The molecule has 1 aromatic heterocycles. The quantitative estimate of drug-likeness (QED) is 0.412. The summed E-state index contributed by atoms with van der Waals surface area (Å²) in [7, 11) is 1.74. The van der Waals surface area contributed by atoms with Gasteiger partial charge in [0, 0.05) is 50.8 Å². The van der Waals surface area contributed by atoms with Crippen molar-refractivity contribution in [2.45, 2.75) is 45.7 Å². The molecule has 0 bridgehead atoms. The van der Waals surface area contributed by atoms with Crippen molar-refractivity contribution in [2.75, 3.05) is 32.8 Å². The van der Waals surface area contributed by atoms with Crippen LogP contribution in [-0.4, -0.2) is 92.9 Å². The minimum Gasteiger partial charge on any atom is -0.481 e. The third kappa shape index (κ3) is 5.46. The highest BCUT2D eigenvalue weighted by Crippen LogP contribution is 2.45. The van der Waals surface area contributed by atoms with Gasteiger partial charge in [-0.15, -0.1) is 0 Å². The number of carboxylic acid groups (broad SMARTS) is 1. The van der Waals surface area contributed by atoms with Crippen molar-refractivity contribution in [3.8, 4) is 0 Å². The number of amides is 1. The second-order valence-corrected chi connectivity index (χ2v) is 12.1. The molecule has 2 fully saturated rings. The van der Waals surface area contributed by atoms with Crippen LogP contribution >= 0.6 is 0 Å². The smallest absolute Gasteiger partial charge is 0.338 e. The number of aliphatic imine (C=N–C) groups is 1. The van der Waals surface area contributed by atoms with Gasteiger partial charge in [0.25, 0.3) is 5.92 Å². The second-order valence-electron chi connectivity index (χ2n) is 12.1. The number of carboxylic acids is 1. The summed E-state index contributed by atoms with van der Waals surface area (Å²) < 4.78 is 52.8. The van der Waals surface area contributed by atoms with E-state index in [0.29, 0.717) is 11.4 Å². The Morgan fingerprint density at radius 2 is 2.00 bits per heavy atom. The molecule has 44 heavy (non-hydrogen) atoms. The van der Waals surface area contributed by atoms with Crippen LogP contribution < -0.4 is 5.32 Å². The van der Waals surface area contributed by atoms with Crippen LogP contribution in [0.15, 0.2) is 46.9 Å². The molecule has 2 aromatic rings. The lowest BCUT2D eigenvalue weighted by atomic mass is 9.92. The number of imidazole rings is 1. The Morgan fingerprint density at radius 1 is 1.27 bits per heavy atom. The van der Waals surface area contributed by atoms with E-state index in [2.05, 4.69) is 10.3 Å². The number of hydrogen-bond acceptors (Lipinski definition) is 8. The summed E-state index contributed by atoms with van der Waals surface area (Å²) >= 11 is 0. The van der Waals surface area contributed by atoms with Gasteiger partial charge in [0.05, 0.1) is 24.1 Å². The number of carbonyl (C=O) groups is 3.